The van der Waals surface area contributed by atoms with Crippen LogP contribution in [0.4, 0.5) is 5.82 Å². The molecule has 1 atom stereocenters. The first-order valence-electron chi connectivity index (χ1n) is 9.40. The average Bonchev–Trinajstić information content (AvgIpc) is 3.48. The molecule has 1 saturated heterocycles. The van der Waals surface area contributed by atoms with Gasteiger partial charge in [0.25, 0.3) is 0 Å². The number of hydrogen-bond donors (Lipinski definition) is 1. The molecule has 2 aliphatic rings. The van der Waals surface area contributed by atoms with E-state index >= 15 is 0 Å². The zero-order valence-corrected chi connectivity index (χ0v) is 15.6. The molecule has 28 heavy (non-hydrogen) atoms. The summed E-state index contributed by atoms with van der Waals surface area (Å²) >= 11 is 0. The second-order valence-electron chi connectivity index (χ2n) is 6.95. The number of rotatable bonds is 5. The van der Waals surface area contributed by atoms with Gasteiger partial charge < -0.3 is 19.3 Å². The number of nitrogens with zero attached hydrogens (tertiary/aromatic N) is 4. The van der Waals surface area contributed by atoms with E-state index in [1.54, 1.807) is 6.20 Å². The summed E-state index contributed by atoms with van der Waals surface area (Å²) < 4.78 is 16.5. The molecule has 1 fully saturated rings. The molecule has 4 heterocycles. The quantitative estimate of drug-likeness (QED) is 0.723. The van der Waals surface area contributed by atoms with Crippen LogP contribution in [0, 0.1) is 0 Å². The predicted octanol–water partition coefficient (Wildman–Crippen LogP) is 3.24. The Morgan fingerprint density at radius 1 is 1.18 bits per heavy atom. The maximum Gasteiger partial charge on any atom is 0.244 e. The predicted molar refractivity (Wildman–Crippen MR) is 102 cm³/mol. The summed E-state index contributed by atoms with van der Waals surface area (Å²) in [5.74, 6) is 3.65. The van der Waals surface area contributed by atoms with Gasteiger partial charge in [0.2, 0.25) is 18.5 Å². The molecule has 144 valence electrons. The normalized spacial score (nSPS) is 18.5. The van der Waals surface area contributed by atoms with E-state index in [1.165, 1.54) is 5.56 Å². The summed E-state index contributed by atoms with van der Waals surface area (Å²) in [4.78, 5) is 11.3. The van der Waals surface area contributed by atoms with Gasteiger partial charge in [-0.15, -0.1) is 0 Å². The van der Waals surface area contributed by atoms with Gasteiger partial charge >= 0.3 is 0 Å². The lowest BCUT2D eigenvalue weighted by Crippen LogP contribution is -2.23. The molecule has 1 aromatic carbocycles. The first-order valence-corrected chi connectivity index (χ1v) is 9.40. The van der Waals surface area contributed by atoms with Crippen LogP contribution in [0.3, 0.4) is 0 Å². The van der Waals surface area contributed by atoms with E-state index in [4.69, 9.17) is 14.0 Å². The smallest absolute Gasteiger partial charge is 0.244 e. The highest BCUT2D eigenvalue weighted by Gasteiger charge is 2.31. The van der Waals surface area contributed by atoms with Crippen molar-refractivity contribution in [2.24, 2.45) is 0 Å². The fourth-order valence-electron chi connectivity index (χ4n) is 3.73. The Bertz CT molecular complexity index is 972. The maximum absolute atomic E-state index is 5.61. The fourth-order valence-corrected chi connectivity index (χ4v) is 3.73. The third-order valence-corrected chi connectivity index (χ3v) is 5.19. The number of aromatic nitrogens is 3. The van der Waals surface area contributed by atoms with Crippen molar-refractivity contribution in [1.29, 1.82) is 0 Å². The van der Waals surface area contributed by atoms with E-state index in [0.29, 0.717) is 18.5 Å². The molecule has 0 saturated carbocycles. The Kier molecular flexibility index (Phi) is 4.32. The van der Waals surface area contributed by atoms with Crippen molar-refractivity contribution in [1.82, 2.24) is 20.0 Å². The highest BCUT2D eigenvalue weighted by atomic mass is 16.7. The number of hydrogen-bond acceptors (Lipinski definition) is 8. The number of likely N-dealkylation sites (tertiary alicyclic amines) is 1. The van der Waals surface area contributed by atoms with Crippen LogP contribution in [-0.4, -0.2) is 40.4 Å². The molecule has 0 radical (unpaired) electrons. The van der Waals surface area contributed by atoms with Crippen molar-refractivity contribution in [2.75, 3.05) is 25.7 Å². The van der Waals surface area contributed by atoms with Gasteiger partial charge in [-0.1, -0.05) is 11.2 Å². The number of pyridine rings is 1. The minimum atomic E-state index is 0.121. The molecule has 3 aromatic rings. The third-order valence-electron chi connectivity index (χ3n) is 5.19. The van der Waals surface area contributed by atoms with Crippen LogP contribution >= 0.6 is 0 Å². The average molecular weight is 379 g/mol. The summed E-state index contributed by atoms with van der Waals surface area (Å²) in [6.45, 7) is 2.09. The highest BCUT2D eigenvalue weighted by Crippen LogP contribution is 2.36. The van der Waals surface area contributed by atoms with Gasteiger partial charge in [-0.3, -0.25) is 4.90 Å². The molecule has 0 aliphatic carbocycles. The van der Waals surface area contributed by atoms with Crippen molar-refractivity contribution in [2.45, 2.75) is 25.4 Å². The molecule has 8 heteroatoms. The Hall–Kier alpha value is -3.13. The van der Waals surface area contributed by atoms with Gasteiger partial charge in [-0.25, -0.2) is 4.98 Å². The Morgan fingerprint density at radius 2 is 2.11 bits per heavy atom. The molecule has 0 unspecified atom stereocenters. The maximum atomic E-state index is 5.61. The zero-order chi connectivity index (χ0) is 18.9. The van der Waals surface area contributed by atoms with E-state index in [9.17, 15) is 0 Å². The van der Waals surface area contributed by atoms with Crippen molar-refractivity contribution >= 4 is 5.82 Å². The van der Waals surface area contributed by atoms with Crippen LogP contribution in [0.15, 0.2) is 41.1 Å². The standard InChI is InChI=1S/C20H21N5O3/c1-21-18-7-5-14(10-22-18)19-23-20(28-24-19)15-3-2-8-25(15)11-13-4-6-16-17(9-13)27-12-26-16/h4-7,9-10,15H,2-3,8,11-12H2,1H3,(H,21,22)/t15-/m1/s1. The molecule has 0 amide bonds. The summed E-state index contributed by atoms with van der Waals surface area (Å²) in [5, 5.41) is 7.17. The summed E-state index contributed by atoms with van der Waals surface area (Å²) in [6, 6.07) is 10.0. The summed E-state index contributed by atoms with van der Waals surface area (Å²) in [7, 11) is 1.84. The van der Waals surface area contributed by atoms with Crippen molar-refractivity contribution in [3.05, 3.63) is 48.0 Å². The molecule has 0 spiro atoms. The van der Waals surface area contributed by atoms with Gasteiger partial charge in [0.1, 0.15) is 5.82 Å². The van der Waals surface area contributed by atoms with Gasteiger partial charge in [-0.05, 0) is 49.2 Å². The van der Waals surface area contributed by atoms with Crippen molar-refractivity contribution < 1.29 is 14.0 Å². The van der Waals surface area contributed by atoms with E-state index in [0.717, 1.165) is 48.8 Å². The van der Waals surface area contributed by atoms with Crippen molar-refractivity contribution in [3.63, 3.8) is 0 Å². The van der Waals surface area contributed by atoms with Crippen LogP contribution in [0.25, 0.3) is 11.4 Å². The monoisotopic (exact) mass is 379 g/mol. The minimum Gasteiger partial charge on any atom is -0.454 e. The van der Waals surface area contributed by atoms with E-state index in [1.807, 2.05) is 31.3 Å². The van der Waals surface area contributed by atoms with Crippen LogP contribution < -0.4 is 14.8 Å². The molecule has 1 N–H and O–H groups in total. The van der Waals surface area contributed by atoms with E-state index < -0.39 is 0 Å². The largest absolute Gasteiger partial charge is 0.454 e. The second kappa shape index (κ2) is 7.12. The minimum absolute atomic E-state index is 0.121. The third kappa shape index (κ3) is 3.16. The number of ether oxygens (including phenoxy) is 2. The van der Waals surface area contributed by atoms with Gasteiger partial charge in [0, 0.05) is 25.4 Å². The molecule has 5 rings (SSSR count). The van der Waals surface area contributed by atoms with Gasteiger partial charge in [-0.2, -0.15) is 4.98 Å². The van der Waals surface area contributed by atoms with Crippen LogP contribution in [0.5, 0.6) is 11.5 Å². The fraction of sp³-hybridized carbons (Fsp3) is 0.350. The Balaban J connectivity index is 1.33. The number of anilines is 1. The topological polar surface area (TPSA) is 85.5 Å². The van der Waals surface area contributed by atoms with Crippen LogP contribution in [0.2, 0.25) is 0 Å². The summed E-state index contributed by atoms with van der Waals surface area (Å²) in [5.41, 5.74) is 2.03. The number of fused-ring (bicyclic) bond motifs is 1. The molecule has 2 aliphatic heterocycles. The molecule has 0 bridgehead atoms. The SMILES string of the molecule is CNc1ccc(-c2noc([C@H]3CCCN3Cc3ccc4c(c3)OCO4)n2)cn1. The Labute approximate surface area is 162 Å². The number of benzene rings is 1. The molecule has 2 aromatic heterocycles. The van der Waals surface area contributed by atoms with Gasteiger partial charge in [0.05, 0.1) is 6.04 Å². The molecular weight excluding hydrogens is 358 g/mol. The highest BCUT2D eigenvalue weighted by molar-refractivity contribution is 5.55. The van der Waals surface area contributed by atoms with Crippen LogP contribution in [-0.2, 0) is 6.54 Å². The van der Waals surface area contributed by atoms with Gasteiger partial charge in [0.15, 0.2) is 11.5 Å². The Morgan fingerprint density at radius 3 is 2.96 bits per heavy atom. The van der Waals surface area contributed by atoms with Crippen molar-refractivity contribution in [3.8, 4) is 22.9 Å². The second-order valence-corrected chi connectivity index (χ2v) is 6.95. The molecule has 8 nitrogen and oxygen atoms in total. The first kappa shape index (κ1) is 17.0. The van der Waals surface area contributed by atoms with E-state index in [2.05, 4.69) is 31.4 Å². The molecular formula is C20H21N5O3. The lowest BCUT2D eigenvalue weighted by atomic mass is 10.1. The summed E-state index contributed by atoms with van der Waals surface area (Å²) in [6.07, 6.45) is 3.86. The van der Waals surface area contributed by atoms with Crippen LogP contribution in [0.1, 0.15) is 30.3 Å². The number of nitrogens with one attached hydrogen (secondary N) is 1. The first-order chi connectivity index (χ1) is 13.8. The lowest BCUT2D eigenvalue weighted by Gasteiger charge is -2.21. The zero-order valence-electron chi connectivity index (χ0n) is 15.6. The lowest BCUT2D eigenvalue weighted by molar-refractivity contribution is 0.173. The van der Waals surface area contributed by atoms with E-state index in [-0.39, 0.29) is 6.04 Å².